The minimum Gasteiger partial charge on any atom is -0.444 e. The van der Waals surface area contributed by atoms with Gasteiger partial charge in [0.1, 0.15) is 6.61 Å². The maximum Gasteiger partial charge on any atom is 0.415 e. The van der Waals surface area contributed by atoms with E-state index in [0.29, 0.717) is 5.70 Å². The molecule has 0 radical (unpaired) electrons. The second kappa shape index (κ2) is 6.26. The Hall–Kier alpha value is -2.88. The SMILES string of the molecule is O=C1C=C(c2ccccc2)N(C(=O)OCc2ccccc2)C1. The summed E-state index contributed by atoms with van der Waals surface area (Å²) in [4.78, 5) is 25.3. The Morgan fingerprint density at radius 2 is 1.64 bits per heavy atom. The fourth-order valence-corrected chi connectivity index (χ4v) is 2.33. The van der Waals surface area contributed by atoms with Crippen molar-refractivity contribution in [1.29, 1.82) is 0 Å². The normalized spacial score (nSPS) is 13.9. The predicted molar refractivity (Wildman–Crippen MR) is 82.8 cm³/mol. The molecule has 0 aliphatic carbocycles. The fourth-order valence-electron chi connectivity index (χ4n) is 2.33. The van der Waals surface area contributed by atoms with Gasteiger partial charge < -0.3 is 4.74 Å². The summed E-state index contributed by atoms with van der Waals surface area (Å²) in [6, 6.07) is 18.8. The minimum atomic E-state index is -0.509. The van der Waals surface area contributed by atoms with Crippen LogP contribution in [-0.2, 0) is 16.1 Å². The standard InChI is InChI=1S/C18H15NO3/c20-16-11-17(15-9-5-2-6-10-15)19(12-16)18(21)22-13-14-7-3-1-4-8-14/h1-11H,12-13H2. The molecule has 110 valence electrons. The Morgan fingerprint density at radius 1 is 1.00 bits per heavy atom. The summed E-state index contributed by atoms with van der Waals surface area (Å²) in [5, 5.41) is 0. The van der Waals surface area contributed by atoms with Crippen molar-refractivity contribution in [3.05, 3.63) is 77.9 Å². The van der Waals surface area contributed by atoms with Crippen molar-refractivity contribution >= 4 is 17.6 Å². The van der Waals surface area contributed by atoms with Crippen molar-refractivity contribution in [3.8, 4) is 0 Å². The molecule has 3 rings (SSSR count). The lowest BCUT2D eigenvalue weighted by Gasteiger charge is -2.19. The Labute approximate surface area is 128 Å². The number of amides is 1. The van der Waals surface area contributed by atoms with Gasteiger partial charge in [0, 0.05) is 6.08 Å². The molecule has 0 N–H and O–H groups in total. The molecule has 1 heterocycles. The van der Waals surface area contributed by atoms with Crippen LogP contribution in [0.5, 0.6) is 0 Å². The van der Waals surface area contributed by atoms with Gasteiger partial charge in [0.25, 0.3) is 0 Å². The Bertz CT molecular complexity index is 708. The van der Waals surface area contributed by atoms with E-state index >= 15 is 0 Å². The second-order valence-electron chi connectivity index (χ2n) is 4.99. The number of carbonyl (C=O) groups excluding carboxylic acids is 2. The van der Waals surface area contributed by atoms with Crippen LogP contribution in [0.15, 0.2) is 66.7 Å². The topological polar surface area (TPSA) is 46.6 Å². The van der Waals surface area contributed by atoms with Crippen molar-refractivity contribution in [2.75, 3.05) is 6.54 Å². The number of carbonyl (C=O) groups is 2. The molecule has 0 saturated heterocycles. The van der Waals surface area contributed by atoms with Gasteiger partial charge in [-0.1, -0.05) is 60.7 Å². The van der Waals surface area contributed by atoms with Gasteiger partial charge in [-0.25, -0.2) is 4.79 Å². The molecule has 0 bridgehead atoms. The van der Waals surface area contributed by atoms with Crippen LogP contribution < -0.4 is 0 Å². The van der Waals surface area contributed by atoms with Gasteiger partial charge in [0.2, 0.25) is 0 Å². The van der Waals surface area contributed by atoms with Crippen molar-refractivity contribution in [2.45, 2.75) is 6.61 Å². The van der Waals surface area contributed by atoms with Crippen LogP contribution in [0.2, 0.25) is 0 Å². The molecule has 0 aromatic heterocycles. The fraction of sp³-hybridized carbons (Fsp3) is 0.111. The third kappa shape index (κ3) is 3.06. The maximum absolute atomic E-state index is 12.3. The lowest BCUT2D eigenvalue weighted by Crippen LogP contribution is -2.29. The van der Waals surface area contributed by atoms with Gasteiger partial charge in [-0.2, -0.15) is 0 Å². The molecule has 1 amide bonds. The number of hydrogen-bond donors (Lipinski definition) is 0. The first kappa shape index (κ1) is 14.1. The van der Waals surface area contributed by atoms with Crippen LogP contribution >= 0.6 is 0 Å². The zero-order valence-electron chi connectivity index (χ0n) is 11.9. The van der Waals surface area contributed by atoms with Gasteiger partial charge in [-0.3, -0.25) is 9.69 Å². The van der Waals surface area contributed by atoms with Gasteiger partial charge in [-0.05, 0) is 11.1 Å². The van der Waals surface area contributed by atoms with E-state index < -0.39 is 6.09 Å². The van der Waals surface area contributed by atoms with Crippen LogP contribution in [0.1, 0.15) is 11.1 Å². The van der Waals surface area contributed by atoms with Gasteiger partial charge in [0.15, 0.2) is 5.78 Å². The first-order valence-electron chi connectivity index (χ1n) is 7.02. The molecule has 1 aliphatic rings. The molecular weight excluding hydrogens is 278 g/mol. The highest BCUT2D eigenvalue weighted by Gasteiger charge is 2.28. The zero-order chi connectivity index (χ0) is 15.4. The van der Waals surface area contributed by atoms with E-state index in [-0.39, 0.29) is 18.9 Å². The van der Waals surface area contributed by atoms with Gasteiger partial charge >= 0.3 is 6.09 Å². The predicted octanol–water partition coefficient (Wildman–Crippen LogP) is 3.25. The Morgan fingerprint density at radius 3 is 2.32 bits per heavy atom. The summed E-state index contributed by atoms with van der Waals surface area (Å²) in [6.45, 7) is 0.213. The number of rotatable bonds is 3. The molecule has 0 atom stereocenters. The quantitative estimate of drug-likeness (QED) is 0.872. The van der Waals surface area contributed by atoms with E-state index in [4.69, 9.17) is 4.74 Å². The summed E-state index contributed by atoms with van der Waals surface area (Å²) in [5.74, 6) is -0.101. The molecule has 2 aromatic rings. The van der Waals surface area contributed by atoms with Crippen molar-refractivity contribution in [1.82, 2.24) is 4.90 Å². The summed E-state index contributed by atoms with van der Waals surface area (Å²) < 4.78 is 5.31. The summed E-state index contributed by atoms with van der Waals surface area (Å²) in [6.07, 6.45) is 0.976. The third-order valence-corrected chi connectivity index (χ3v) is 3.40. The molecule has 0 saturated carbocycles. The molecule has 4 nitrogen and oxygen atoms in total. The monoisotopic (exact) mass is 293 g/mol. The van der Waals surface area contributed by atoms with E-state index in [1.54, 1.807) is 0 Å². The number of nitrogens with zero attached hydrogens (tertiary/aromatic N) is 1. The van der Waals surface area contributed by atoms with Crippen molar-refractivity contribution in [3.63, 3.8) is 0 Å². The molecular formula is C18H15NO3. The third-order valence-electron chi connectivity index (χ3n) is 3.40. The summed E-state index contributed by atoms with van der Waals surface area (Å²) in [5.41, 5.74) is 2.32. The average Bonchev–Trinajstić information content (AvgIpc) is 2.96. The number of benzene rings is 2. The highest BCUT2D eigenvalue weighted by atomic mass is 16.6. The maximum atomic E-state index is 12.3. The van der Waals surface area contributed by atoms with Gasteiger partial charge in [0.05, 0.1) is 12.2 Å². The smallest absolute Gasteiger partial charge is 0.415 e. The highest BCUT2D eigenvalue weighted by molar-refractivity contribution is 6.06. The van der Waals surface area contributed by atoms with Crippen LogP contribution in [0.3, 0.4) is 0 Å². The first-order chi connectivity index (χ1) is 10.7. The highest BCUT2D eigenvalue weighted by Crippen LogP contribution is 2.24. The van der Waals surface area contributed by atoms with Crippen molar-refractivity contribution < 1.29 is 14.3 Å². The molecule has 22 heavy (non-hydrogen) atoms. The van der Waals surface area contributed by atoms with Crippen LogP contribution in [0.25, 0.3) is 5.70 Å². The van der Waals surface area contributed by atoms with Crippen LogP contribution in [0.4, 0.5) is 4.79 Å². The number of hydrogen-bond acceptors (Lipinski definition) is 3. The summed E-state index contributed by atoms with van der Waals surface area (Å²) in [7, 11) is 0. The lowest BCUT2D eigenvalue weighted by atomic mass is 10.1. The first-order valence-corrected chi connectivity index (χ1v) is 7.02. The molecule has 0 spiro atoms. The molecule has 1 aliphatic heterocycles. The van der Waals surface area contributed by atoms with E-state index in [9.17, 15) is 9.59 Å². The number of ketones is 1. The molecule has 0 unspecified atom stereocenters. The lowest BCUT2D eigenvalue weighted by molar-refractivity contribution is -0.114. The van der Waals surface area contributed by atoms with E-state index in [0.717, 1.165) is 11.1 Å². The number of ether oxygens (including phenoxy) is 1. The Balaban J connectivity index is 1.72. The Kier molecular flexibility index (Phi) is 4.01. The second-order valence-corrected chi connectivity index (χ2v) is 4.99. The van der Waals surface area contributed by atoms with Gasteiger partial charge in [-0.15, -0.1) is 0 Å². The molecule has 4 heteroatoms. The van der Waals surface area contributed by atoms with E-state index in [1.807, 2.05) is 60.7 Å². The van der Waals surface area contributed by atoms with Crippen LogP contribution in [0, 0.1) is 0 Å². The van der Waals surface area contributed by atoms with Crippen LogP contribution in [-0.4, -0.2) is 23.3 Å². The van der Waals surface area contributed by atoms with Crippen molar-refractivity contribution in [2.24, 2.45) is 0 Å². The summed E-state index contributed by atoms with van der Waals surface area (Å²) >= 11 is 0. The van der Waals surface area contributed by atoms with E-state index in [1.165, 1.54) is 11.0 Å². The average molecular weight is 293 g/mol. The zero-order valence-corrected chi connectivity index (χ0v) is 11.9. The minimum absolute atomic E-state index is 0.0256. The largest absolute Gasteiger partial charge is 0.444 e. The van der Waals surface area contributed by atoms with E-state index in [2.05, 4.69) is 0 Å². The molecule has 2 aromatic carbocycles. The molecule has 0 fully saturated rings.